The molecule has 1 aliphatic rings. The number of benzene rings is 1. The van der Waals surface area contributed by atoms with E-state index >= 15 is 0 Å². The lowest BCUT2D eigenvalue weighted by atomic mass is 10.3. The number of aromatic amines is 1. The Kier molecular flexibility index (Phi) is 2.22. The van der Waals surface area contributed by atoms with Gasteiger partial charge < -0.3 is 9.72 Å². The van der Waals surface area contributed by atoms with Crippen LogP contribution in [-0.2, 0) is 0 Å². The minimum atomic E-state index is 0.702. The van der Waals surface area contributed by atoms with Crippen molar-refractivity contribution in [1.82, 2.24) is 15.0 Å². The number of hydrogen-bond donors (Lipinski definition) is 2. The number of aromatic nitrogens is 2. The molecule has 1 aromatic carbocycles. The molecular weight excluding hydrogens is 218 g/mol. The van der Waals surface area contributed by atoms with E-state index in [0.29, 0.717) is 18.2 Å². The zero-order chi connectivity index (χ0) is 11.8. The molecule has 3 rings (SSSR count). The van der Waals surface area contributed by atoms with E-state index in [4.69, 9.17) is 10.6 Å². The van der Waals surface area contributed by atoms with Crippen molar-refractivity contribution in [3.05, 3.63) is 24.0 Å². The van der Waals surface area contributed by atoms with Gasteiger partial charge in [-0.25, -0.2) is 10.8 Å². The Morgan fingerprint density at radius 2 is 2.35 bits per heavy atom. The number of ether oxygens (including phenoxy) is 1. The van der Waals surface area contributed by atoms with Gasteiger partial charge in [-0.3, -0.25) is 10.0 Å². The number of nitrogens with zero attached hydrogens (tertiary/aromatic N) is 3. The van der Waals surface area contributed by atoms with Gasteiger partial charge in [-0.1, -0.05) is 0 Å². The molecule has 17 heavy (non-hydrogen) atoms. The van der Waals surface area contributed by atoms with E-state index in [2.05, 4.69) is 15.0 Å². The first kappa shape index (κ1) is 10.1. The summed E-state index contributed by atoms with van der Waals surface area (Å²) in [5.74, 6) is 8.01. The van der Waals surface area contributed by atoms with Gasteiger partial charge >= 0.3 is 0 Å². The molecule has 0 fully saturated rings. The van der Waals surface area contributed by atoms with Crippen molar-refractivity contribution in [2.45, 2.75) is 0 Å². The SMILES string of the molecule is COc1ccc2nc(C3=NCCN3N)[nH]c2c1. The normalized spacial score (nSPS) is 15.4. The van der Waals surface area contributed by atoms with E-state index in [0.717, 1.165) is 23.3 Å². The first-order chi connectivity index (χ1) is 8.28. The second kappa shape index (κ2) is 3.74. The lowest BCUT2D eigenvalue weighted by Crippen LogP contribution is -2.35. The summed E-state index contributed by atoms with van der Waals surface area (Å²) in [5, 5.41) is 1.61. The van der Waals surface area contributed by atoms with Crippen LogP contribution >= 0.6 is 0 Å². The number of H-pyrrole nitrogens is 1. The fourth-order valence-corrected chi connectivity index (χ4v) is 1.89. The smallest absolute Gasteiger partial charge is 0.181 e. The van der Waals surface area contributed by atoms with E-state index in [9.17, 15) is 0 Å². The predicted octanol–water partition coefficient (Wildman–Crippen LogP) is 0.507. The average Bonchev–Trinajstić information content (AvgIpc) is 2.93. The summed E-state index contributed by atoms with van der Waals surface area (Å²) in [6.45, 7) is 1.45. The Morgan fingerprint density at radius 1 is 1.47 bits per heavy atom. The van der Waals surface area contributed by atoms with Crippen LogP contribution in [0, 0.1) is 0 Å². The molecule has 0 aliphatic carbocycles. The first-order valence-electron chi connectivity index (χ1n) is 5.39. The van der Waals surface area contributed by atoms with Crippen LogP contribution in [0.5, 0.6) is 5.75 Å². The molecule has 0 saturated heterocycles. The number of fused-ring (bicyclic) bond motifs is 1. The number of hydrazine groups is 1. The van der Waals surface area contributed by atoms with E-state index in [1.54, 1.807) is 12.1 Å². The lowest BCUT2D eigenvalue weighted by Gasteiger charge is -2.09. The average molecular weight is 231 g/mol. The van der Waals surface area contributed by atoms with E-state index in [1.165, 1.54) is 0 Å². The zero-order valence-corrected chi connectivity index (χ0v) is 9.47. The van der Waals surface area contributed by atoms with Crippen molar-refractivity contribution >= 4 is 16.9 Å². The van der Waals surface area contributed by atoms with Gasteiger partial charge in [-0.15, -0.1) is 0 Å². The number of hydrogen-bond acceptors (Lipinski definition) is 5. The van der Waals surface area contributed by atoms with Crippen LogP contribution in [0.2, 0.25) is 0 Å². The summed E-state index contributed by atoms with van der Waals surface area (Å²) in [5.41, 5.74) is 1.80. The number of nitrogens with one attached hydrogen (secondary N) is 1. The van der Waals surface area contributed by atoms with Crippen molar-refractivity contribution in [3.8, 4) is 5.75 Å². The summed E-state index contributed by atoms with van der Waals surface area (Å²) < 4.78 is 5.17. The van der Waals surface area contributed by atoms with Crippen LogP contribution in [0.4, 0.5) is 0 Å². The topological polar surface area (TPSA) is 79.5 Å². The summed E-state index contributed by atoms with van der Waals surface area (Å²) in [6.07, 6.45) is 0. The minimum Gasteiger partial charge on any atom is -0.497 e. The maximum atomic E-state index is 5.81. The second-order valence-corrected chi connectivity index (χ2v) is 3.87. The quantitative estimate of drug-likeness (QED) is 0.738. The highest BCUT2D eigenvalue weighted by molar-refractivity contribution is 5.98. The Balaban J connectivity index is 2.07. The van der Waals surface area contributed by atoms with Crippen LogP contribution in [0.1, 0.15) is 5.82 Å². The number of methoxy groups -OCH3 is 1. The molecule has 0 saturated carbocycles. The fourth-order valence-electron chi connectivity index (χ4n) is 1.89. The summed E-state index contributed by atoms with van der Waals surface area (Å²) >= 11 is 0. The van der Waals surface area contributed by atoms with E-state index in [-0.39, 0.29) is 0 Å². The molecule has 1 aliphatic heterocycles. The monoisotopic (exact) mass is 231 g/mol. The molecule has 0 spiro atoms. The summed E-state index contributed by atoms with van der Waals surface area (Å²) in [7, 11) is 1.64. The van der Waals surface area contributed by atoms with Gasteiger partial charge in [0.05, 0.1) is 31.2 Å². The molecule has 88 valence electrons. The largest absolute Gasteiger partial charge is 0.497 e. The maximum absolute atomic E-state index is 5.81. The molecule has 2 aromatic rings. The van der Waals surface area contributed by atoms with Crippen LogP contribution in [0.15, 0.2) is 23.2 Å². The summed E-state index contributed by atoms with van der Waals surface area (Å²) in [6, 6.07) is 5.69. The van der Waals surface area contributed by atoms with Gasteiger partial charge in [0.15, 0.2) is 11.7 Å². The molecule has 0 radical (unpaired) electrons. The number of imidazole rings is 1. The minimum absolute atomic E-state index is 0.702. The molecule has 0 bridgehead atoms. The van der Waals surface area contributed by atoms with Crippen molar-refractivity contribution in [2.75, 3.05) is 20.2 Å². The molecular formula is C11H13N5O. The van der Waals surface area contributed by atoms with Gasteiger partial charge in [0, 0.05) is 6.07 Å². The molecule has 3 N–H and O–H groups in total. The highest BCUT2D eigenvalue weighted by Gasteiger charge is 2.18. The maximum Gasteiger partial charge on any atom is 0.181 e. The standard InChI is InChI=1S/C11H13N5O/c1-17-7-2-3-8-9(6-7)15-10(14-8)11-13-4-5-16(11)12/h2-3,6H,4-5,12H2,1H3,(H,14,15). The molecule has 1 aromatic heterocycles. The number of rotatable bonds is 2. The van der Waals surface area contributed by atoms with Crippen molar-refractivity contribution in [2.24, 2.45) is 10.8 Å². The van der Waals surface area contributed by atoms with Crippen molar-refractivity contribution in [3.63, 3.8) is 0 Å². The summed E-state index contributed by atoms with van der Waals surface area (Å²) in [4.78, 5) is 12.0. The Labute approximate surface area is 98.1 Å². The zero-order valence-electron chi connectivity index (χ0n) is 9.47. The van der Waals surface area contributed by atoms with Crippen LogP contribution in [0.25, 0.3) is 11.0 Å². The van der Waals surface area contributed by atoms with Crippen LogP contribution in [0.3, 0.4) is 0 Å². The molecule has 0 atom stereocenters. The van der Waals surface area contributed by atoms with Crippen molar-refractivity contribution < 1.29 is 4.74 Å². The molecule has 2 heterocycles. The first-order valence-corrected chi connectivity index (χ1v) is 5.39. The van der Waals surface area contributed by atoms with E-state index < -0.39 is 0 Å². The Bertz CT molecular complexity index is 589. The molecule has 0 amide bonds. The van der Waals surface area contributed by atoms with Crippen LogP contribution < -0.4 is 10.6 Å². The highest BCUT2D eigenvalue weighted by Crippen LogP contribution is 2.19. The predicted molar refractivity (Wildman–Crippen MR) is 64.9 cm³/mol. The molecule has 0 unspecified atom stereocenters. The number of nitrogens with two attached hydrogens (primary N) is 1. The third-order valence-electron chi connectivity index (χ3n) is 2.78. The Morgan fingerprint density at radius 3 is 3.06 bits per heavy atom. The molecule has 6 heteroatoms. The van der Waals surface area contributed by atoms with Gasteiger partial charge in [0.25, 0.3) is 0 Å². The lowest BCUT2D eigenvalue weighted by molar-refractivity contribution is 0.415. The second-order valence-electron chi connectivity index (χ2n) is 3.87. The fraction of sp³-hybridized carbons (Fsp3) is 0.273. The van der Waals surface area contributed by atoms with Crippen molar-refractivity contribution in [1.29, 1.82) is 0 Å². The number of aliphatic imine (C=N–C) groups is 1. The molecule has 6 nitrogen and oxygen atoms in total. The van der Waals surface area contributed by atoms with Gasteiger partial charge in [-0.2, -0.15) is 0 Å². The third-order valence-corrected chi connectivity index (χ3v) is 2.78. The van der Waals surface area contributed by atoms with Crippen LogP contribution in [-0.4, -0.2) is 41.0 Å². The highest BCUT2D eigenvalue weighted by atomic mass is 16.5. The Hall–Kier alpha value is -2.08. The van der Waals surface area contributed by atoms with Gasteiger partial charge in [0.1, 0.15) is 5.75 Å². The van der Waals surface area contributed by atoms with E-state index in [1.807, 2.05) is 18.2 Å². The van der Waals surface area contributed by atoms with Gasteiger partial charge in [0.2, 0.25) is 0 Å². The van der Waals surface area contributed by atoms with Gasteiger partial charge in [-0.05, 0) is 12.1 Å². The third kappa shape index (κ3) is 1.62. The number of amidine groups is 1.